The largest absolute Gasteiger partial charge is 1.00 e. The molecule has 0 aromatic carbocycles. The maximum Gasteiger partial charge on any atom is 1.00 e. The van der Waals surface area contributed by atoms with E-state index in [4.69, 9.17) is 10.1 Å². The Hall–Kier alpha value is 1.04. The van der Waals surface area contributed by atoms with Crippen molar-refractivity contribution in [1.82, 2.24) is 0 Å². The molecule has 0 amide bonds. The Labute approximate surface area is 78.7 Å². The first-order valence-electron chi connectivity index (χ1n) is 1.18. The van der Waals surface area contributed by atoms with Crippen LogP contribution in [0.3, 0.4) is 0 Å². The first-order valence-corrected chi connectivity index (χ1v) is 1.18. The van der Waals surface area contributed by atoms with Gasteiger partial charge in [0.15, 0.2) is 0 Å². The van der Waals surface area contributed by atoms with E-state index in [2.05, 4.69) is 6.92 Å². The van der Waals surface area contributed by atoms with Crippen LogP contribution < -0.4 is 51.4 Å². The molecule has 0 N–H and O–H groups in total. The van der Waals surface area contributed by atoms with Gasteiger partial charge in [-0.3, -0.25) is 17.0 Å². The van der Waals surface area contributed by atoms with Crippen molar-refractivity contribution in [2.45, 2.75) is 0 Å². The summed E-state index contributed by atoms with van der Waals surface area (Å²) in [4.78, 5) is 8.62. The molecule has 0 rings (SSSR count). The summed E-state index contributed by atoms with van der Waals surface area (Å²) in [5.41, 5.74) is 0. The molecule has 0 aromatic rings. The van der Waals surface area contributed by atoms with Crippen LogP contribution in [0.4, 0.5) is 0 Å². The molecule has 0 aliphatic rings. The van der Waals surface area contributed by atoms with Crippen molar-refractivity contribution in [3.05, 3.63) is 17.0 Å². The Kier molecular flexibility index (Phi) is 10.2. The van der Waals surface area contributed by atoms with E-state index < -0.39 is 4.92 Å². The predicted molar refractivity (Wildman–Crippen MR) is 17.2 cm³/mol. The third-order valence-corrected chi connectivity index (χ3v) is 0.183. The molecule has 4 heteroatoms. The summed E-state index contributed by atoms with van der Waals surface area (Å²) < 4.78 is 0. The Balaban J connectivity index is 0. The molecule has 0 unspecified atom stereocenters. The number of hydrogen-bond acceptors (Lipinski definition) is 2. The van der Waals surface area contributed by atoms with E-state index in [1.54, 1.807) is 0 Å². The zero-order chi connectivity index (χ0) is 4.28. The van der Waals surface area contributed by atoms with Gasteiger partial charge in [-0.2, -0.15) is 0 Å². The van der Waals surface area contributed by atoms with Crippen LogP contribution in [-0.2, 0) is 0 Å². The van der Waals surface area contributed by atoms with E-state index in [9.17, 15) is 0 Å². The molecule has 0 atom stereocenters. The van der Waals surface area contributed by atoms with E-state index in [-0.39, 0.29) is 57.9 Å². The summed E-state index contributed by atoms with van der Waals surface area (Å²) >= 11 is 0. The van der Waals surface area contributed by atoms with Gasteiger partial charge in [0.25, 0.3) is 0 Å². The maximum atomic E-state index is 9.11. The fourth-order valence-corrected chi connectivity index (χ4v) is 0. The van der Waals surface area contributed by atoms with E-state index in [0.29, 0.717) is 0 Å². The summed E-state index contributed by atoms with van der Waals surface area (Å²) in [5, 5.41) is 9.11. The second-order valence-electron chi connectivity index (χ2n) is 0.556. The second-order valence-corrected chi connectivity index (χ2v) is 0.556. The third kappa shape index (κ3) is 8.90. The Morgan fingerprint density at radius 3 is 2.00 bits per heavy atom. The van der Waals surface area contributed by atoms with Gasteiger partial charge in [-0.25, -0.2) is 0 Å². The van der Waals surface area contributed by atoms with Crippen LogP contribution in [0.25, 0.3) is 0 Å². The van der Waals surface area contributed by atoms with Crippen molar-refractivity contribution in [3.63, 3.8) is 0 Å². The molecule has 0 fully saturated rings. The average Bonchev–Trinajstić information content (AvgIpc) is 1.38. The van der Waals surface area contributed by atoms with Gasteiger partial charge in [-0.05, 0) is 4.92 Å². The van der Waals surface area contributed by atoms with E-state index in [1.165, 1.54) is 0 Å². The van der Waals surface area contributed by atoms with Gasteiger partial charge in [-0.1, -0.05) is 0 Å². The first-order chi connectivity index (χ1) is 2.27. The van der Waals surface area contributed by atoms with Crippen molar-refractivity contribution in [1.29, 1.82) is 0 Å². The molecule has 0 aromatic heterocycles. The van der Waals surface area contributed by atoms with Gasteiger partial charge in [0.1, 0.15) is 0 Å². The molecule has 0 bridgehead atoms. The van der Waals surface area contributed by atoms with Crippen molar-refractivity contribution in [2.75, 3.05) is 6.54 Å². The molecule has 0 spiro atoms. The Bertz CT molecular complexity index is 46.8. The zero-order valence-electron chi connectivity index (χ0n) is 3.68. The number of hydrogen-bond donors (Lipinski definition) is 0. The molecule has 0 radical (unpaired) electrons. The molecular formula is C2H4KNO2. The van der Waals surface area contributed by atoms with E-state index in [1.807, 2.05) is 0 Å². The van der Waals surface area contributed by atoms with Crippen molar-refractivity contribution in [2.24, 2.45) is 0 Å². The molecule has 0 aliphatic carbocycles. The van der Waals surface area contributed by atoms with Crippen LogP contribution >= 0.6 is 0 Å². The normalized spacial score (nSPS) is 6.17. The number of nitrogens with zero attached hydrogens (tertiary/aromatic N) is 1. The van der Waals surface area contributed by atoms with Gasteiger partial charge in [0.2, 0.25) is 0 Å². The van der Waals surface area contributed by atoms with Gasteiger partial charge in [0, 0.05) is 0 Å². The van der Waals surface area contributed by atoms with Crippen LogP contribution in [-0.4, -0.2) is 11.5 Å². The minimum absolute atomic E-state index is 0. The fraction of sp³-hybridized carbons (Fsp3) is 0.500. The average molecular weight is 113 g/mol. The molecule has 0 aliphatic heterocycles. The van der Waals surface area contributed by atoms with Crippen LogP contribution in [0.15, 0.2) is 0 Å². The summed E-state index contributed by atoms with van der Waals surface area (Å²) in [6, 6.07) is 0. The Morgan fingerprint density at radius 2 is 2.00 bits per heavy atom. The van der Waals surface area contributed by atoms with Crippen LogP contribution in [0, 0.1) is 17.0 Å². The summed E-state index contributed by atoms with van der Waals surface area (Å²) in [6.07, 6.45) is 0. The van der Waals surface area contributed by atoms with Crippen molar-refractivity contribution in [3.8, 4) is 0 Å². The van der Waals surface area contributed by atoms with Crippen molar-refractivity contribution >= 4 is 0 Å². The monoisotopic (exact) mass is 113 g/mol. The fourth-order valence-electron chi connectivity index (χ4n) is 0. The maximum absolute atomic E-state index is 9.11. The quantitative estimate of drug-likeness (QED) is 0.158. The molecular weight excluding hydrogens is 109 g/mol. The van der Waals surface area contributed by atoms with Gasteiger partial charge >= 0.3 is 51.4 Å². The summed E-state index contributed by atoms with van der Waals surface area (Å²) in [7, 11) is 0. The topological polar surface area (TPSA) is 43.1 Å². The molecule has 0 saturated carbocycles. The van der Waals surface area contributed by atoms with Crippen LogP contribution in [0.1, 0.15) is 0 Å². The van der Waals surface area contributed by atoms with Gasteiger partial charge in [-0.15, -0.1) is 0 Å². The smallest absolute Gasteiger partial charge is 0.273 e. The standard InChI is InChI=1S/C2H4NO2.K/c1-2-3(4)5;/h1-2H2;/q-1;+1. The molecule has 0 heterocycles. The summed E-state index contributed by atoms with van der Waals surface area (Å²) in [5.74, 6) is 0. The molecule has 6 heavy (non-hydrogen) atoms. The molecule has 30 valence electrons. The third-order valence-electron chi connectivity index (χ3n) is 0.183. The minimum Gasteiger partial charge on any atom is -0.273 e. The van der Waals surface area contributed by atoms with Gasteiger partial charge < -0.3 is 0 Å². The van der Waals surface area contributed by atoms with Crippen LogP contribution in [0.5, 0.6) is 0 Å². The van der Waals surface area contributed by atoms with E-state index in [0.717, 1.165) is 0 Å². The molecule has 3 nitrogen and oxygen atoms in total. The summed E-state index contributed by atoms with van der Waals surface area (Å²) in [6.45, 7) is 2.76. The molecule has 0 saturated heterocycles. The SMILES string of the molecule is [CH2-]C[N+](=O)[O-].[K+]. The Morgan fingerprint density at radius 1 is 1.83 bits per heavy atom. The minimum atomic E-state index is -0.486. The number of nitro groups is 1. The predicted octanol–water partition coefficient (Wildman–Crippen LogP) is -2.90. The van der Waals surface area contributed by atoms with Gasteiger partial charge in [0.05, 0.1) is 6.54 Å². The first kappa shape index (κ1) is 10.1. The van der Waals surface area contributed by atoms with E-state index >= 15 is 0 Å². The number of rotatable bonds is 1. The zero-order valence-corrected chi connectivity index (χ0v) is 6.80. The van der Waals surface area contributed by atoms with Crippen LogP contribution in [0.2, 0.25) is 0 Å². The van der Waals surface area contributed by atoms with Crippen molar-refractivity contribution < 1.29 is 56.3 Å². The second kappa shape index (κ2) is 6.04.